The van der Waals surface area contributed by atoms with Crippen molar-refractivity contribution in [2.75, 3.05) is 5.32 Å². The zero-order valence-electron chi connectivity index (χ0n) is 23.5. The predicted molar refractivity (Wildman–Crippen MR) is 158 cm³/mol. The number of rotatable bonds is 8. The number of alkyl halides is 3. The minimum atomic E-state index is -5.34. The SMILES string of the molecule is Cc1ccc(S(=O)(=O)n2ccc3c(-c4ccc(NC(=O)C(F)(F)F)c([N+](=O)[O-])c4OCc4ccccc4)cn(C)c(=O)c32)cc1. The van der Waals surface area contributed by atoms with Gasteiger partial charge in [0.25, 0.3) is 15.6 Å². The molecule has 0 radical (unpaired) electrons. The lowest BCUT2D eigenvalue weighted by Crippen LogP contribution is -2.30. The number of nitrogens with zero attached hydrogens (tertiary/aromatic N) is 3. The molecule has 0 saturated heterocycles. The summed E-state index contributed by atoms with van der Waals surface area (Å²) in [6.07, 6.45) is -2.87. The van der Waals surface area contributed by atoms with Crippen LogP contribution < -0.4 is 15.6 Å². The molecule has 45 heavy (non-hydrogen) atoms. The third-order valence-electron chi connectivity index (χ3n) is 6.90. The van der Waals surface area contributed by atoms with E-state index in [1.165, 1.54) is 49.0 Å². The number of hydrogen-bond donors (Lipinski definition) is 1. The largest absolute Gasteiger partial charge is 0.481 e. The van der Waals surface area contributed by atoms with E-state index in [9.17, 15) is 41.3 Å². The third-order valence-corrected chi connectivity index (χ3v) is 8.59. The van der Waals surface area contributed by atoms with Crippen molar-refractivity contribution < 1.29 is 36.0 Å². The van der Waals surface area contributed by atoms with Crippen molar-refractivity contribution >= 4 is 38.2 Å². The van der Waals surface area contributed by atoms with Gasteiger partial charge in [0.15, 0.2) is 0 Å². The minimum Gasteiger partial charge on any atom is -0.481 e. The number of aromatic nitrogens is 2. The number of aryl methyl sites for hydroxylation is 2. The van der Waals surface area contributed by atoms with Gasteiger partial charge >= 0.3 is 17.8 Å². The predicted octanol–water partition coefficient (Wildman–Crippen LogP) is 5.54. The molecule has 2 heterocycles. The van der Waals surface area contributed by atoms with Crippen molar-refractivity contribution in [1.82, 2.24) is 8.54 Å². The smallest absolute Gasteiger partial charge is 0.471 e. The minimum absolute atomic E-state index is 0.0475. The lowest BCUT2D eigenvalue weighted by molar-refractivity contribution is -0.384. The number of anilines is 1. The summed E-state index contributed by atoms with van der Waals surface area (Å²) in [5.41, 5.74) is -1.32. The molecular formula is C30H23F3N4O7S. The second-order valence-corrected chi connectivity index (χ2v) is 11.8. The Labute approximate surface area is 253 Å². The van der Waals surface area contributed by atoms with Crippen LogP contribution in [0, 0.1) is 17.0 Å². The Morgan fingerprint density at radius 1 is 1.00 bits per heavy atom. The van der Waals surface area contributed by atoms with E-state index in [1.54, 1.807) is 49.4 Å². The van der Waals surface area contributed by atoms with Crippen molar-refractivity contribution in [1.29, 1.82) is 0 Å². The third kappa shape index (κ3) is 5.89. The van der Waals surface area contributed by atoms with Gasteiger partial charge in [-0.25, -0.2) is 12.4 Å². The number of amides is 1. The highest BCUT2D eigenvalue weighted by atomic mass is 32.2. The topological polar surface area (TPSA) is 143 Å². The molecule has 0 aliphatic carbocycles. The van der Waals surface area contributed by atoms with E-state index in [0.29, 0.717) is 5.56 Å². The molecule has 1 amide bonds. The molecule has 0 aliphatic heterocycles. The van der Waals surface area contributed by atoms with Crippen LogP contribution in [-0.4, -0.2) is 34.0 Å². The first kappa shape index (κ1) is 31.0. The van der Waals surface area contributed by atoms with Gasteiger partial charge < -0.3 is 14.6 Å². The second-order valence-electron chi connectivity index (χ2n) is 9.97. The van der Waals surface area contributed by atoms with Crippen LogP contribution in [0.3, 0.4) is 0 Å². The van der Waals surface area contributed by atoms with Crippen molar-refractivity contribution in [3.63, 3.8) is 0 Å². The zero-order valence-corrected chi connectivity index (χ0v) is 24.3. The van der Waals surface area contributed by atoms with Crippen LogP contribution in [0.15, 0.2) is 94.9 Å². The Kier molecular flexibility index (Phi) is 7.97. The van der Waals surface area contributed by atoms with E-state index in [2.05, 4.69) is 0 Å². The molecule has 2 aromatic heterocycles. The summed E-state index contributed by atoms with van der Waals surface area (Å²) in [5.74, 6) is -2.95. The van der Waals surface area contributed by atoms with Crippen molar-refractivity contribution in [2.24, 2.45) is 7.05 Å². The summed E-state index contributed by atoms with van der Waals surface area (Å²) >= 11 is 0. The Balaban J connectivity index is 1.76. The maximum atomic E-state index is 13.6. The number of carbonyl (C=O) groups excluding carboxylic acids is 1. The summed E-state index contributed by atoms with van der Waals surface area (Å²) < 4.78 is 74.2. The fourth-order valence-corrected chi connectivity index (χ4v) is 6.05. The summed E-state index contributed by atoms with van der Waals surface area (Å²) in [7, 11) is -2.93. The van der Waals surface area contributed by atoms with Crippen LogP contribution in [-0.2, 0) is 28.5 Å². The number of benzene rings is 3. The molecule has 0 atom stereocenters. The second kappa shape index (κ2) is 11.6. The first-order valence-electron chi connectivity index (χ1n) is 13.1. The highest BCUT2D eigenvalue weighted by Crippen LogP contribution is 2.45. The molecule has 15 heteroatoms. The fraction of sp³-hybridized carbons (Fsp3) is 0.133. The quantitative estimate of drug-likeness (QED) is 0.173. The van der Waals surface area contributed by atoms with Gasteiger partial charge in [-0.15, -0.1) is 0 Å². The van der Waals surface area contributed by atoms with E-state index in [4.69, 9.17) is 4.74 Å². The Morgan fingerprint density at radius 2 is 1.67 bits per heavy atom. The van der Waals surface area contributed by atoms with Crippen molar-refractivity contribution in [2.45, 2.75) is 24.6 Å². The molecule has 3 aromatic carbocycles. The fourth-order valence-electron chi connectivity index (χ4n) is 4.70. The maximum Gasteiger partial charge on any atom is 0.471 e. The highest BCUT2D eigenvalue weighted by Gasteiger charge is 2.40. The molecular weight excluding hydrogens is 617 g/mol. The van der Waals surface area contributed by atoms with Gasteiger partial charge in [-0.3, -0.25) is 19.7 Å². The summed E-state index contributed by atoms with van der Waals surface area (Å²) in [5, 5.41) is 13.9. The van der Waals surface area contributed by atoms with E-state index in [0.717, 1.165) is 20.2 Å². The van der Waals surface area contributed by atoms with Gasteiger partial charge in [0.05, 0.1) is 9.82 Å². The Morgan fingerprint density at radius 3 is 2.29 bits per heavy atom. The monoisotopic (exact) mass is 640 g/mol. The number of fused-ring (bicyclic) bond motifs is 1. The molecule has 5 rings (SSSR count). The number of nitro benzene ring substituents is 1. The van der Waals surface area contributed by atoms with E-state index >= 15 is 0 Å². The molecule has 0 aliphatic rings. The van der Waals surface area contributed by atoms with Crippen molar-refractivity contribution in [3.05, 3.63) is 117 Å². The number of ether oxygens (including phenoxy) is 1. The highest BCUT2D eigenvalue weighted by molar-refractivity contribution is 7.90. The Bertz CT molecular complexity index is 2120. The number of pyridine rings is 1. The first-order chi connectivity index (χ1) is 21.2. The van der Waals surface area contributed by atoms with Gasteiger partial charge in [-0.1, -0.05) is 48.0 Å². The lowest BCUT2D eigenvalue weighted by Gasteiger charge is -2.17. The van der Waals surface area contributed by atoms with Crippen LogP contribution in [0.2, 0.25) is 0 Å². The summed E-state index contributed by atoms with van der Waals surface area (Å²) in [4.78, 5) is 36.3. The van der Waals surface area contributed by atoms with Crippen LogP contribution in [0.4, 0.5) is 24.5 Å². The molecule has 0 unspecified atom stereocenters. The average molecular weight is 641 g/mol. The van der Waals surface area contributed by atoms with Crippen LogP contribution >= 0.6 is 0 Å². The molecule has 1 N–H and O–H groups in total. The maximum absolute atomic E-state index is 13.6. The van der Waals surface area contributed by atoms with Gasteiger partial charge in [0.2, 0.25) is 5.75 Å². The van der Waals surface area contributed by atoms with Crippen molar-refractivity contribution in [3.8, 4) is 16.9 Å². The molecule has 0 fully saturated rings. The number of hydrogen-bond acceptors (Lipinski definition) is 7. The van der Waals surface area contributed by atoms with Gasteiger partial charge in [0, 0.05) is 36.0 Å². The summed E-state index contributed by atoms with van der Waals surface area (Å²) in [6.45, 7) is 1.52. The van der Waals surface area contributed by atoms with E-state index in [-0.39, 0.29) is 33.5 Å². The zero-order chi connectivity index (χ0) is 32.7. The molecule has 0 saturated carbocycles. The number of halogens is 3. The lowest BCUT2D eigenvalue weighted by atomic mass is 10.0. The van der Waals surface area contributed by atoms with Crippen LogP contribution in [0.25, 0.3) is 22.0 Å². The number of nitrogens with one attached hydrogen (secondary N) is 1. The first-order valence-corrected chi connectivity index (χ1v) is 14.5. The van der Waals surface area contributed by atoms with Crippen LogP contribution in [0.5, 0.6) is 5.75 Å². The number of nitro groups is 1. The molecule has 0 bridgehead atoms. The molecule has 0 spiro atoms. The molecule has 11 nitrogen and oxygen atoms in total. The normalized spacial score (nSPS) is 11.8. The molecule has 232 valence electrons. The Hall–Kier alpha value is -5.44. The number of carbonyl (C=O) groups is 1. The van der Waals surface area contributed by atoms with Crippen LogP contribution in [0.1, 0.15) is 11.1 Å². The van der Waals surface area contributed by atoms with Gasteiger partial charge in [-0.2, -0.15) is 13.2 Å². The van der Waals surface area contributed by atoms with Gasteiger partial charge in [-0.05, 0) is 42.8 Å². The standard InChI is InChI=1S/C30H23F3N4O7S/c1-18-8-10-20(11-9-18)45(42,43)36-15-14-21-23(16-35(2)28(38)25(21)36)22-12-13-24(34-29(39)30(31,32)33)26(37(40)41)27(22)44-17-19-6-4-3-5-7-19/h3-16H,17H2,1-2H3,(H,34,39). The van der Waals surface area contributed by atoms with E-state index in [1.807, 2.05) is 0 Å². The van der Waals surface area contributed by atoms with E-state index < -0.39 is 49.7 Å². The molecule has 5 aromatic rings. The van der Waals surface area contributed by atoms with Gasteiger partial charge in [0.1, 0.15) is 17.8 Å². The average Bonchev–Trinajstić information content (AvgIpc) is 3.45. The summed E-state index contributed by atoms with van der Waals surface area (Å²) in [6, 6.07) is 17.8.